The number of hydrogen-bond donors (Lipinski definition) is 1. The molecule has 120 valence electrons. The van der Waals surface area contributed by atoms with Crippen molar-refractivity contribution in [3.63, 3.8) is 0 Å². The van der Waals surface area contributed by atoms with Gasteiger partial charge < -0.3 is 9.80 Å². The molecule has 1 N–H and O–H groups in total. The highest BCUT2D eigenvalue weighted by Gasteiger charge is 2.22. The predicted octanol–water partition coefficient (Wildman–Crippen LogP) is 1.85. The lowest BCUT2D eigenvalue weighted by Crippen LogP contribution is -3.13. The average molecular weight is 393 g/mol. The molecule has 0 spiro atoms. The number of pyridine rings is 1. The van der Waals surface area contributed by atoms with E-state index in [0.717, 1.165) is 41.4 Å². The van der Waals surface area contributed by atoms with Crippen LogP contribution in [-0.4, -0.2) is 42.0 Å². The number of quaternary nitrogens is 1. The molecule has 1 aliphatic rings. The fraction of sp³-hybridized carbons (Fsp3) is 0.294. The first-order chi connectivity index (χ1) is 11.2. The molecule has 2 aromatic rings. The number of amides is 1. The summed E-state index contributed by atoms with van der Waals surface area (Å²) < 4.78 is 1.08. The van der Waals surface area contributed by atoms with Crippen LogP contribution in [0.5, 0.6) is 0 Å². The Labute approximate surface area is 148 Å². The van der Waals surface area contributed by atoms with E-state index in [0.29, 0.717) is 0 Å². The quantitative estimate of drug-likeness (QED) is 0.806. The number of rotatable bonds is 4. The van der Waals surface area contributed by atoms with Gasteiger partial charge in [-0.25, -0.2) is 0 Å². The Morgan fingerprint density at radius 1 is 1.26 bits per heavy atom. The van der Waals surface area contributed by atoms with Gasteiger partial charge in [0, 0.05) is 28.9 Å². The van der Waals surface area contributed by atoms with Gasteiger partial charge in [-0.1, -0.05) is 0 Å². The molecule has 3 heterocycles. The minimum Gasteiger partial charge on any atom is -0.328 e. The molecule has 0 aliphatic carbocycles. The number of aromatic nitrogens is 1. The summed E-state index contributed by atoms with van der Waals surface area (Å²) in [4.78, 5) is 20.9. The van der Waals surface area contributed by atoms with Crippen LogP contribution in [0.25, 0.3) is 6.08 Å². The van der Waals surface area contributed by atoms with E-state index in [4.69, 9.17) is 0 Å². The average Bonchev–Trinajstić information content (AvgIpc) is 3.00. The fourth-order valence-corrected chi connectivity index (χ4v) is 4.01. The number of nitrogens with one attached hydrogen (secondary N) is 1. The molecule has 0 saturated carbocycles. The second-order valence-electron chi connectivity index (χ2n) is 5.58. The monoisotopic (exact) mass is 392 g/mol. The van der Waals surface area contributed by atoms with Crippen LogP contribution in [0.3, 0.4) is 0 Å². The van der Waals surface area contributed by atoms with Gasteiger partial charge in [-0.2, -0.15) is 0 Å². The molecule has 23 heavy (non-hydrogen) atoms. The highest BCUT2D eigenvalue weighted by molar-refractivity contribution is 9.11. The minimum absolute atomic E-state index is 0.109. The molecule has 1 amide bonds. The molecule has 1 saturated heterocycles. The molecule has 0 aromatic carbocycles. The zero-order valence-electron chi connectivity index (χ0n) is 12.7. The van der Waals surface area contributed by atoms with Gasteiger partial charge in [0.25, 0.3) is 0 Å². The summed E-state index contributed by atoms with van der Waals surface area (Å²) >= 11 is 5.06. The van der Waals surface area contributed by atoms with Crippen molar-refractivity contribution in [3.8, 4) is 0 Å². The van der Waals surface area contributed by atoms with E-state index in [1.54, 1.807) is 17.4 Å². The maximum absolute atomic E-state index is 12.3. The Hall–Kier alpha value is -1.50. The zero-order valence-corrected chi connectivity index (χ0v) is 15.1. The summed E-state index contributed by atoms with van der Waals surface area (Å²) in [5, 5.41) is 0. The lowest BCUT2D eigenvalue weighted by Gasteiger charge is -2.31. The summed E-state index contributed by atoms with van der Waals surface area (Å²) in [5.41, 5.74) is 1.30. The molecule has 0 atom stereocenters. The van der Waals surface area contributed by atoms with Crippen LogP contribution in [0.1, 0.15) is 10.4 Å². The van der Waals surface area contributed by atoms with Crippen molar-refractivity contribution in [2.75, 3.05) is 26.2 Å². The van der Waals surface area contributed by atoms with Gasteiger partial charge in [0.1, 0.15) is 6.54 Å². The Kier molecular flexibility index (Phi) is 5.59. The Morgan fingerprint density at radius 2 is 2.00 bits per heavy atom. The molecule has 1 aliphatic heterocycles. The van der Waals surface area contributed by atoms with Crippen LogP contribution in [0.2, 0.25) is 0 Å². The van der Waals surface area contributed by atoms with E-state index in [1.165, 1.54) is 10.5 Å². The first-order valence-electron chi connectivity index (χ1n) is 7.65. The number of nitrogens with zero attached hydrogens (tertiary/aromatic N) is 2. The second kappa shape index (κ2) is 7.86. The number of carbonyl (C=O) groups is 1. The Balaban J connectivity index is 1.48. The third kappa shape index (κ3) is 4.73. The maximum Gasteiger partial charge on any atom is 0.247 e. The van der Waals surface area contributed by atoms with Gasteiger partial charge >= 0.3 is 0 Å². The molecular formula is C17H19BrN3OS+. The SMILES string of the molecule is O=C(/C=C/c1ccc(Br)s1)N1CC[NH+](Cc2ccncc2)CC1. The number of hydrogen-bond acceptors (Lipinski definition) is 3. The number of halogens is 1. The van der Waals surface area contributed by atoms with Crippen molar-refractivity contribution in [2.24, 2.45) is 0 Å². The lowest BCUT2D eigenvalue weighted by atomic mass is 10.2. The first-order valence-corrected chi connectivity index (χ1v) is 9.26. The standard InChI is InChI=1S/C17H18BrN3OS/c18-16-3-1-15(23-16)2-4-17(22)21-11-9-20(10-12-21)13-14-5-7-19-8-6-14/h1-8H,9-13H2/p+1/b4-2+. The minimum atomic E-state index is 0.109. The Bertz CT molecular complexity index is 678. The van der Waals surface area contributed by atoms with Gasteiger partial charge in [-0.3, -0.25) is 9.78 Å². The van der Waals surface area contributed by atoms with Crippen LogP contribution in [-0.2, 0) is 11.3 Å². The first kappa shape index (κ1) is 16.4. The van der Waals surface area contributed by atoms with Crippen LogP contribution in [0.15, 0.2) is 46.5 Å². The predicted molar refractivity (Wildman–Crippen MR) is 96.3 cm³/mol. The van der Waals surface area contributed by atoms with Gasteiger partial charge in [0.15, 0.2) is 0 Å². The van der Waals surface area contributed by atoms with Gasteiger partial charge in [-0.15, -0.1) is 11.3 Å². The zero-order chi connectivity index (χ0) is 16.1. The second-order valence-corrected chi connectivity index (χ2v) is 8.08. The topological polar surface area (TPSA) is 37.6 Å². The summed E-state index contributed by atoms with van der Waals surface area (Å²) in [6.45, 7) is 4.62. The van der Waals surface area contributed by atoms with Gasteiger partial charge in [0.05, 0.1) is 30.0 Å². The number of thiophene rings is 1. The largest absolute Gasteiger partial charge is 0.328 e. The van der Waals surface area contributed by atoms with Gasteiger partial charge in [0.2, 0.25) is 5.91 Å². The van der Waals surface area contributed by atoms with Crippen LogP contribution in [0.4, 0.5) is 0 Å². The van der Waals surface area contributed by atoms with E-state index in [1.807, 2.05) is 35.5 Å². The molecule has 0 bridgehead atoms. The van der Waals surface area contributed by atoms with Crippen LogP contribution in [0, 0.1) is 0 Å². The van der Waals surface area contributed by atoms with E-state index >= 15 is 0 Å². The van der Waals surface area contributed by atoms with Crippen molar-refractivity contribution < 1.29 is 9.69 Å². The molecule has 4 nitrogen and oxygen atoms in total. The van der Waals surface area contributed by atoms with Crippen LogP contribution < -0.4 is 4.90 Å². The highest BCUT2D eigenvalue weighted by Crippen LogP contribution is 2.23. The van der Waals surface area contributed by atoms with E-state index < -0.39 is 0 Å². The maximum atomic E-state index is 12.3. The summed E-state index contributed by atoms with van der Waals surface area (Å²) in [6, 6.07) is 8.13. The molecule has 0 radical (unpaired) electrons. The molecule has 6 heteroatoms. The van der Waals surface area contributed by atoms with Crippen molar-refractivity contribution in [2.45, 2.75) is 6.54 Å². The summed E-state index contributed by atoms with van der Waals surface area (Å²) in [6.07, 6.45) is 7.25. The molecule has 3 rings (SSSR count). The van der Waals surface area contributed by atoms with E-state index in [-0.39, 0.29) is 5.91 Å². The molecule has 0 unspecified atom stereocenters. The third-order valence-corrected chi connectivity index (χ3v) is 5.56. The highest BCUT2D eigenvalue weighted by atomic mass is 79.9. The normalized spacial score (nSPS) is 16.1. The third-order valence-electron chi connectivity index (χ3n) is 3.97. The molecule has 1 fully saturated rings. The molecule has 2 aromatic heterocycles. The van der Waals surface area contributed by atoms with Crippen molar-refractivity contribution >= 4 is 39.2 Å². The molecular weight excluding hydrogens is 374 g/mol. The van der Waals surface area contributed by atoms with Gasteiger partial charge in [-0.05, 0) is 46.3 Å². The smallest absolute Gasteiger partial charge is 0.247 e. The van der Waals surface area contributed by atoms with E-state index in [9.17, 15) is 4.79 Å². The van der Waals surface area contributed by atoms with E-state index in [2.05, 4.69) is 33.0 Å². The van der Waals surface area contributed by atoms with Crippen molar-refractivity contribution in [1.29, 1.82) is 0 Å². The van der Waals surface area contributed by atoms with Crippen LogP contribution >= 0.6 is 27.3 Å². The van der Waals surface area contributed by atoms with Crippen molar-refractivity contribution in [1.82, 2.24) is 9.88 Å². The van der Waals surface area contributed by atoms with Crippen molar-refractivity contribution in [3.05, 3.63) is 57.0 Å². The number of carbonyl (C=O) groups excluding carboxylic acids is 1. The number of piperazine rings is 1. The summed E-state index contributed by atoms with van der Waals surface area (Å²) in [7, 11) is 0. The Morgan fingerprint density at radius 3 is 2.65 bits per heavy atom. The summed E-state index contributed by atoms with van der Waals surface area (Å²) in [5.74, 6) is 0.109. The lowest BCUT2D eigenvalue weighted by molar-refractivity contribution is -0.917. The fourth-order valence-electron chi connectivity index (χ4n) is 2.69.